The van der Waals surface area contributed by atoms with Crippen LogP contribution in [0.15, 0.2) is 54.7 Å². The Morgan fingerprint density at radius 2 is 1.93 bits per heavy atom. The van der Waals surface area contributed by atoms with Gasteiger partial charge in [0.25, 0.3) is 0 Å². The Morgan fingerprint density at radius 1 is 1.11 bits per heavy atom. The first-order valence-corrected chi connectivity index (χ1v) is 9.60. The molecular weight excluding hydrogens is 348 g/mol. The number of hydrogen-bond donors (Lipinski definition) is 1. The van der Waals surface area contributed by atoms with Crippen LogP contribution in [0.25, 0.3) is 11.3 Å². The predicted molar refractivity (Wildman–Crippen MR) is 110 cm³/mol. The molecule has 2 N–H and O–H groups in total. The number of ether oxygens (including phenoxy) is 1. The SMILES string of the molecule is Cc1cc(OCc2ccnc(-c3ccc(C(N)=O)c(C)c3)c2)cc(C2CC2)c1. The Hall–Kier alpha value is -3.14. The van der Waals surface area contributed by atoms with Crippen molar-refractivity contribution in [3.8, 4) is 17.0 Å². The summed E-state index contributed by atoms with van der Waals surface area (Å²) in [5, 5.41) is 0. The highest BCUT2D eigenvalue weighted by Crippen LogP contribution is 2.41. The number of carbonyl (C=O) groups is 1. The second kappa shape index (κ2) is 7.47. The van der Waals surface area contributed by atoms with Gasteiger partial charge in [0.15, 0.2) is 0 Å². The van der Waals surface area contributed by atoms with Crippen LogP contribution >= 0.6 is 0 Å². The van der Waals surface area contributed by atoms with Crippen molar-refractivity contribution in [2.45, 2.75) is 39.2 Å². The summed E-state index contributed by atoms with van der Waals surface area (Å²) in [6.45, 7) is 4.48. The molecule has 1 fully saturated rings. The largest absolute Gasteiger partial charge is 0.489 e. The van der Waals surface area contributed by atoms with E-state index < -0.39 is 5.91 Å². The third-order valence-electron chi connectivity index (χ3n) is 5.14. The topological polar surface area (TPSA) is 65.2 Å². The van der Waals surface area contributed by atoms with E-state index in [0.29, 0.717) is 18.1 Å². The number of pyridine rings is 1. The van der Waals surface area contributed by atoms with Crippen LogP contribution in [0.5, 0.6) is 5.75 Å². The molecule has 2 aromatic carbocycles. The maximum atomic E-state index is 11.4. The van der Waals surface area contributed by atoms with Crippen molar-refractivity contribution in [3.63, 3.8) is 0 Å². The molecule has 0 atom stereocenters. The number of benzene rings is 2. The van der Waals surface area contributed by atoms with Gasteiger partial charge < -0.3 is 10.5 Å². The number of nitrogens with two attached hydrogens (primary N) is 1. The van der Waals surface area contributed by atoms with Crippen LogP contribution in [0.4, 0.5) is 0 Å². The number of rotatable bonds is 6. The maximum absolute atomic E-state index is 11.4. The lowest BCUT2D eigenvalue weighted by molar-refractivity contribution is 0.0999. The van der Waals surface area contributed by atoms with Crippen LogP contribution in [0.1, 0.15) is 51.4 Å². The molecule has 0 radical (unpaired) electrons. The summed E-state index contributed by atoms with van der Waals surface area (Å²) in [5.74, 6) is 1.21. The molecule has 28 heavy (non-hydrogen) atoms. The molecule has 3 aromatic rings. The van der Waals surface area contributed by atoms with Crippen molar-refractivity contribution >= 4 is 5.91 Å². The van der Waals surface area contributed by atoms with Gasteiger partial charge in [-0.2, -0.15) is 0 Å². The van der Waals surface area contributed by atoms with E-state index in [4.69, 9.17) is 10.5 Å². The summed E-state index contributed by atoms with van der Waals surface area (Å²) in [7, 11) is 0. The summed E-state index contributed by atoms with van der Waals surface area (Å²) in [6, 6.07) is 16.1. The van der Waals surface area contributed by atoms with Gasteiger partial charge in [0.2, 0.25) is 5.91 Å². The van der Waals surface area contributed by atoms with Crippen LogP contribution in [0.2, 0.25) is 0 Å². The first-order chi connectivity index (χ1) is 13.5. The molecule has 0 bridgehead atoms. The summed E-state index contributed by atoms with van der Waals surface area (Å²) in [5.41, 5.74) is 12.3. The minimum atomic E-state index is -0.414. The van der Waals surface area contributed by atoms with Gasteiger partial charge in [-0.25, -0.2) is 0 Å². The zero-order valence-corrected chi connectivity index (χ0v) is 16.2. The summed E-state index contributed by atoms with van der Waals surface area (Å²) in [6.07, 6.45) is 4.35. The van der Waals surface area contributed by atoms with Gasteiger partial charge in [-0.3, -0.25) is 9.78 Å². The lowest BCUT2D eigenvalue weighted by Crippen LogP contribution is -2.12. The zero-order valence-electron chi connectivity index (χ0n) is 16.2. The minimum Gasteiger partial charge on any atom is -0.489 e. The number of nitrogens with zero attached hydrogens (tertiary/aromatic N) is 1. The van der Waals surface area contributed by atoms with Crippen LogP contribution in [-0.4, -0.2) is 10.9 Å². The summed E-state index contributed by atoms with van der Waals surface area (Å²) >= 11 is 0. The molecule has 1 aliphatic carbocycles. The van der Waals surface area contributed by atoms with Crippen molar-refractivity contribution in [2.24, 2.45) is 5.73 Å². The molecule has 0 unspecified atom stereocenters. The van der Waals surface area contributed by atoms with E-state index in [1.807, 2.05) is 31.2 Å². The Kier molecular flexibility index (Phi) is 4.86. The highest BCUT2D eigenvalue weighted by Gasteiger charge is 2.24. The monoisotopic (exact) mass is 372 g/mol. The van der Waals surface area contributed by atoms with Gasteiger partial charge >= 0.3 is 0 Å². The molecule has 4 nitrogen and oxygen atoms in total. The van der Waals surface area contributed by atoms with E-state index in [1.54, 1.807) is 12.3 Å². The van der Waals surface area contributed by atoms with Crippen LogP contribution in [0.3, 0.4) is 0 Å². The van der Waals surface area contributed by atoms with E-state index in [9.17, 15) is 4.79 Å². The highest BCUT2D eigenvalue weighted by molar-refractivity contribution is 5.94. The smallest absolute Gasteiger partial charge is 0.248 e. The van der Waals surface area contributed by atoms with Crippen LogP contribution in [0, 0.1) is 13.8 Å². The number of aromatic nitrogens is 1. The number of amides is 1. The highest BCUT2D eigenvalue weighted by atomic mass is 16.5. The van der Waals surface area contributed by atoms with Crippen LogP contribution < -0.4 is 10.5 Å². The van der Waals surface area contributed by atoms with Gasteiger partial charge in [0, 0.05) is 17.3 Å². The van der Waals surface area contributed by atoms with E-state index in [-0.39, 0.29) is 0 Å². The average Bonchev–Trinajstić information content (AvgIpc) is 3.51. The Labute approximate surface area is 165 Å². The molecule has 4 rings (SSSR count). The van der Waals surface area contributed by atoms with Crippen molar-refractivity contribution in [1.82, 2.24) is 4.98 Å². The molecule has 1 aliphatic rings. The average molecular weight is 372 g/mol. The van der Waals surface area contributed by atoms with Crippen LogP contribution in [-0.2, 0) is 6.61 Å². The lowest BCUT2D eigenvalue weighted by Gasteiger charge is -2.11. The van der Waals surface area contributed by atoms with Crippen molar-refractivity contribution < 1.29 is 9.53 Å². The van der Waals surface area contributed by atoms with Gasteiger partial charge in [-0.15, -0.1) is 0 Å². The molecule has 4 heteroatoms. The van der Waals surface area contributed by atoms with Crippen molar-refractivity contribution in [1.29, 1.82) is 0 Å². The van der Waals surface area contributed by atoms with Gasteiger partial charge in [0.05, 0.1) is 5.69 Å². The fourth-order valence-corrected chi connectivity index (χ4v) is 3.50. The first-order valence-electron chi connectivity index (χ1n) is 9.60. The molecule has 0 spiro atoms. The van der Waals surface area contributed by atoms with E-state index in [1.165, 1.54) is 24.0 Å². The van der Waals surface area contributed by atoms with Gasteiger partial charge in [-0.05, 0) is 91.3 Å². The van der Waals surface area contributed by atoms with Crippen molar-refractivity contribution in [3.05, 3.63) is 82.5 Å². The second-order valence-corrected chi connectivity index (χ2v) is 7.59. The molecule has 1 heterocycles. The Balaban J connectivity index is 1.51. The van der Waals surface area contributed by atoms with Crippen molar-refractivity contribution in [2.75, 3.05) is 0 Å². The molecule has 1 aromatic heterocycles. The fourth-order valence-electron chi connectivity index (χ4n) is 3.50. The molecule has 142 valence electrons. The van der Waals surface area contributed by atoms with Gasteiger partial charge in [0.1, 0.15) is 12.4 Å². The molecule has 0 aliphatic heterocycles. The van der Waals surface area contributed by atoms with E-state index >= 15 is 0 Å². The Bertz CT molecular complexity index is 1040. The number of primary amides is 1. The molecular formula is C24H24N2O2. The Morgan fingerprint density at radius 3 is 2.64 bits per heavy atom. The number of aryl methyl sites for hydroxylation is 2. The zero-order chi connectivity index (χ0) is 19.7. The normalized spacial score (nSPS) is 13.4. The predicted octanol–water partition coefficient (Wildman–Crippen LogP) is 4.92. The quantitative estimate of drug-likeness (QED) is 0.668. The van der Waals surface area contributed by atoms with E-state index in [2.05, 4.69) is 30.1 Å². The van der Waals surface area contributed by atoms with Gasteiger partial charge in [-0.1, -0.05) is 12.1 Å². The third kappa shape index (κ3) is 4.06. The third-order valence-corrected chi connectivity index (χ3v) is 5.14. The first kappa shape index (κ1) is 18.2. The molecule has 1 saturated carbocycles. The maximum Gasteiger partial charge on any atom is 0.248 e. The van der Waals surface area contributed by atoms with E-state index in [0.717, 1.165) is 28.1 Å². The molecule has 0 saturated heterocycles. The summed E-state index contributed by atoms with van der Waals surface area (Å²) in [4.78, 5) is 15.9. The lowest BCUT2D eigenvalue weighted by atomic mass is 10.0. The number of hydrogen-bond acceptors (Lipinski definition) is 3. The minimum absolute atomic E-state index is 0.414. The second-order valence-electron chi connectivity index (χ2n) is 7.59. The molecule has 1 amide bonds. The standard InChI is InChI=1S/C24H24N2O2/c1-15-9-20(18-3-4-18)13-21(10-15)28-14-17-7-8-26-23(12-17)19-5-6-22(24(25)27)16(2)11-19/h5-13,18H,3-4,14H2,1-2H3,(H2,25,27). The fraction of sp³-hybridized carbons (Fsp3) is 0.250. The summed E-state index contributed by atoms with van der Waals surface area (Å²) < 4.78 is 6.07. The number of carbonyl (C=O) groups excluding carboxylic acids is 1.